The summed E-state index contributed by atoms with van der Waals surface area (Å²) in [6.45, 7) is 1.000. The number of aromatic nitrogens is 2. The molecule has 0 radical (unpaired) electrons. The fourth-order valence-corrected chi connectivity index (χ4v) is 5.22. The number of anilines is 1. The molecule has 1 aliphatic rings. The van der Waals surface area contributed by atoms with Crippen LogP contribution in [0.1, 0.15) is 0 Å². The highest BCUT2D eigenvalue weighted by molar-refractivity contribution is 7.99. The van der Waals surface area contributed by atoms with Gasteiger partial charge >= 0.3 is 0 Å². The highest BCUT2D eigenvalue weighted by atomic mass is 32.2. The molecule has 2 aromatic carbocycles. The summed E-state index contributed by atoms with van der Waals surface area (Å²) in [5.74, 6) is 1.21. The van der Waals surface area contributed by atoms with Crippen LogP contribution in [0.2, 0.25) is 0 Å². The number of amides is 1. The zero-order valence-corrected chi connectivity index (χ0v) is 18.8. The molecular formula is C23H19N3O4S2. The first-order valence-electron chi connectivity index (χ1n) is 9.97. The average molecular weight is 466 g/mol. The summed E-state index contributed by atoms with van der Waals surface area (Å²) in [5, 5.41) is 3.94. The normalized spacial score (nSPS) is 12.7. The Balaban J connectivity index is 1.32. The molecule has 0 bridgehead atoms. The van der Waals surface area contributed by atoms with Gasteiger partial charge in [0.1, 0.15) is 18.0 Å². The molecule has 1 N–H and O–H groups in total. The van der Waals surface area contributed by atoms with Gasteiger partial charge in [-0.2, -0.15) is 0 Å². The zero-order valence-electron chi connectivity index (χ0n) is 17.2. The third-order valence-corrected chi connectivity index (χ3v) is 7.06. The van der Waals surface area contributed by atoms with E-state index in [9.17, 15) is 9.59 Å². The molecule has 7 nitrogen and oxygen atoms in total. The monoisotopic (exact) mass is 465 g/mol. The van der Waals surface area contributed by atoms with Gasteiger partial charge in [-0.1, -0.05) is 42.1 Å². The van der Waals surface area contributed by atoms with Crippen LogP contribution in [0.3, 0.4) is 0 Å². The molecule has 1 amide bonds. The minimum absolute atomic E-state index is 0.122. The fraction of sp³-hybridized carbons (Fsp3) is 0.174. The highest BCUT2D eigenvalue weighted by Gasteiger charge is 2.16. The van der Waals surface area contributed by atoms with E-state index < -0.39 is 0 Å². The largest absolute Gasteiger partial charge is 0.486 e. The number of fused-ring (bicyclic) bond motifs is 2. The molecule has 0 unspecified atom stereocenters. The van der Waals surface area contributed by atoms with Gasteiger partial charge in [-0.05, 0) is 23.8 Å². The summed E-state index contributed by atoms with van der Waals surface area (Å²) in [6.07, 6.45) is 0. The summed E-state index contributed by atoms with van der Waals surface area (Å²) in [5.41, 5.74) is 1.55. The molecule has 0 atom stereocenters. The first-order valence-corrected chi connectivity index (χ1v) is 11.8. The summed E-state index contributed by atoms with van der Waals surface area (Å²) in [4.78, 5) is 31.6. The topological polar surface area (TPSA) is 82.5 Å². The van der Waals surface area contributed by atoms with E-state index in [1.54, 1.807) is 25.2 Å². The second-order valence-corrected chi connectivity index (χ2v) is 9.12. The van der Waals surface area contributed by atoms with Gasteiger partial charge in [0.2, 0.25) is 5.91 Å². The predicted molar refractivity (Wildman–Crippen MR) is 127 cm³/mol. The van der Waals surface area contributed by atoms with Crippen molar-refractivity contribution in [1.82, 2.24) is 9.55 Å². The Morgan fingerprint density at radius 3 is 2.72 bits per heavy atom. The minimum atomic E-state index is -0.197. The Morgan fingerprint density at radius 1 is 1.12 bits per heavy atom. The van der Waals surface area contributed by atoms with Crippen LogP contribution in [0.15, 0.2) is 64.5 Å². The second-order valence-electron chi connectivity index (χ2n) is 7.15. The van der Waals surface area contributed by atoms with E-state index in [4.69, 9.17) is 9.47 Å². The first kappa shape index (κ1) is 20.6. The fourth-order valence-electron chi connectivity index (χ4n) is 3.37. The van der Waals surface area contributed by atoms with Gasteiger partial charge in [0.05, 0.1) is 11.1 Å². The maximum Gasteiger partial charge on any atom is 0.262 e. The van der Waals surface area contributed by atoms with Crippen molar-refractivity contribution < 1.29 is 14.3 Å². The smallest absolute Gasteiger partial charge is 0.262 e. The van der Waals surface area contributed by atoms with Crippen LogP contribution in [0.5, 0.6) is 11.5 Å². The molecule has 162 valence electrons. The number of thioether (sulfide) groups is 1. The highest BCUT2D eigenvalue weighted by Crippen LogP contribution is 2.33. The summed E-state index contributed by atoms with van der Waals surface area (Å²) < 4.78 is 12.5. The van der Waals surface area contributed by atoms with Gasteiger partial charge in [-0.15, -0.1) is 11.3 Å². The molecule has 0 spiro atoms. The maximum atomic E-state index is 12.9. The van der Waals surface area contributed by atoms with Crippen molar-refractivity contribution in [3.63, 3.8) is 0 Å². The van der Waals surface area contributed by atoms with Crippen LogP contribution in [0, 0.1) is 0 Å². The maximum absolute atomic E-state index is 12.9. The van der Waals surface area contributed by atoms with Crippen LogP contribution >= 0.6 is 23.1 Å². The quantitative estimate of drug-likeness (QED) is 0.352. The van der Waals surface area contributed by atoms with Gasteiger partial charge in [-0.3, -0.25) is 14.2 Å². The van der Waals surface area contributed by atoms with Crippen LogP contribution in [0.25, 0.3) is 20.7 Å². The number of ether oxygens (including phenoxy) is 2. The number of nitrogens with one attached hydrogen (secondary N) is 1. The van der Waals surface area contributed by atoms with E-state index in [0.717, 1.165) is 10.4 Å². The number of thiophene rings is 1. The Morgan fingerprint density at radius 2 is 1.91 bits per heavy atom. The lowest BCUT2D eigenvalue weighted by Crippen LogP contribution is -2.21. The third kappa shape index (κ3) is 4.09. The van der Waals surface area contributed by atoms with Gasteiger partial charge in [0, 0.05) is 23.7 Å². The lowest BCUT2D eigenvalue weighted by atomic mass is 10.2. The van der Waals surface area contributed by atoms with Crippen molar-refractivity contribution in [2.24, 2.45) is 7.05 Å². The van der Waals surface area contributed by atoms with Crippen LogP contribution in [0.4, 0.5) is 5.69 Å². The predicted octanol–water partition coefficient (Wildman–Crippen LogP) is 4.16. The van der Waals surface area contributed by atoms with E-state index in [0.29, 0.717) is 45.8 Å². The van der Waals surface area contributed by atoms with Crippen LogP contribution in [-0.2, 0) is 11.8 Å². The van der Waals surface area contributed by atoms with Crippen molar-refractivity contribution in [3.8, 4) is 21.9 Å². The van der Waals surface area contributed by atoms with Crippen molar-refractivity contribution in [2.45, 2.75) is 5.16 Å². The zero-order chi connectivity index (χ0) is 22.1. The standard InChI is InChI=1S/C23H19N3O4S2/c1-26-22(28)16-12-19(14-5-3-2-4-6-14)32-21(16)25-23(26)31-13-20(27)24-15-7-8-17-18(11-15)30-10-9-29-17/h2-8,11-12H,9-10,13H2,1H3,(H,24,27). The van der Waals surface area contributed by atoms with Crippen molar-refractivity contribution >= 4 is 44.9 Å². The number of benzene rings is 2. The average Bonchev–Trinajstić information content (AvgIpc) is 3.25. The molecule has 4 aromatic rings. The molecular weight excluding hydrogens is 446 g/mol. The van der Waals surface area contributed by atoms with E-state index in [1.807, 2.05) is 36.4 Å². The summed E-state index contributed by atoms with van der Waals surface area (Å²) >= 11 is 2.70. The number of rotatable bonds is 5. The summed E-state index contributed by atoms with van der Waals surface area (Å²) in [7, 11) is 1.68. The van der Waals surface area contributed by atoms with Crippen LogP contribution in [-0.4, -0.2) is 34.4 Å². The Labute approximate surface area is 192 Å². The van der Waals surface area contributed by atoms with E-state index in [2.05, 4.69) is 10.3 Å². The third-order valence-electron chi connectivity index (χ3n) is 4.95. The van der Waals surface area contributed by atoms with Crippen molar-refractivity contribution in [1.29, 1.82) is 0 Å². The second kappa shape index (κ2) is 8.68. The molecule has 3 heterocycles. The summed E-state index contributed by atoms with van der Waals surface area (Å²) in [6, 6.07) is 17.1. The number of carbonyl (C=O) groups is 1. The SMILES string of the molecule is Cn1c(SCC(=O)Nc2ccc3c(c2)OCCO3)nc2sc(-c3ccccc3)cc2c1=O. The van der Waals surface area contributed by atoms with Gasteiger partial charge < -0.3 is 14.8 Å². The van der Waals surface area contributed by atoms with Crippen molar-refractivity contribution in [2.75, 3.05) is 24.3 Å². The Bertz CT molecular complexity index is 1370. The molecule has 1 aliphatic heterocycles. The molecule has 2 aromatic heterocycles. The lowest BCUT2D eigenvalue weighted by molar-refractivity contribution is -0.113. The molecule has 0 aliphatic carbocycles. The number of carbonyl (C=O) groups excluding carboxylic acids is 1. The van der Waals surface area contributed by atoms with Crippen LogP contribution < -0.4 is 20.3 Å². The minimum Gasteiger partial charge on any atom is -0.486 e. The van der Waals surface area contributed by atoms with Gasteiger partial charge in [0.25, 0.3) is 5.56 Å². The number of hydrogen-bond acceptors (Lipinski definition) is 7. The number of nitrogens with zero attached hydrogens (tertiary/aromatic N) is 2. The molecule has 32 heavy (non-hydrogen) atoms. The van der Waals surface area contributed by atoms with Gasteiger partial charge in [-0.25, -0.2) is 4.98 Å². The van der Waals surface area contributed by atoms with E-state index >= 15 is 0 Å². The molecule has 0 fully saturated rings. The first-order chi connectivity index (χ1) is 15.6. The number of hydrogen-bond donors (Lipinski definition) is 1. The van der Waals surface area contributed by atoms with Gasteiger partial charge in [0.15, 0.2) is 16.7 Å². The lowest BCUT2D eigenvalue weighted by Gasteiger charge is -2.19. The van der Waals surface area contributed by atoms with E-state index in [1.165, 1.54) is 27.7 Å². The molecule has 0 saturated heterocycles. The molecule has 9 heteroatoms. The Hall–Kier alpha value is -3.30. The molecule has 5 rings (SSSR count). The van der Waals surface area contributed by atoms with E-state index in [-0.39, 0.29) is 17.2 Å². The Kier molecular flexibility index (Phi) is 5.59. The molecule has 0 saturated carbocycles. The van der Waals surface area contributed by atoms with Crippen molar-refractivity contribution in [3.05, 3.63) is 65.0 Å².